The van der Waals surface area contributed by atoms with Crippen LogP contribution in [0.1, 0.15) is 35.3 Å². The third kappa shape index (κ3) is 3.57. The summed E-state index contributed by atoms with van der Waals surface area (Å²) in [5.74, 6) is 0.472. The molecule has 1 amide bonds. The first-order valence-electron chi connectivity index (χ1n) is 8.62. The maximum Gasteiger partial charge on any atom is 0.271 e. The highest BCUT2D eigenvalue weighted by molar-refractivity contribution is 5.91. The smallest absolute Gasteiger partial charge is 0.271 e. The highest BCUT2D eigenvalue weighted by Gasteiger charge is 2.38. The standard InChI is InChI=1S/C19H25N5O/c1-20-18(25)16-9-10-17(23-22-16)21-13-19(11-4-12-19)14-5-7-15(8-6-14)24(2)3/h5-10H,4,11-13H2,1-3H3,(H,20,25)(H,21,23). The summed E-state index contributed by atoms with van der Waals surface area (Å²) < 4.78 is 0. The average molecular weight is 339 g/mol. The van der Waals surface area contributed by atoms with E-state index >= 15 is 0 Å². The number of nitrogens with zero attached hydrogens (tertiary/aromatic N) is 3. The van der Waals surface area contributed by atoms with Crippen molar-refractivity contribution in [2.24, 2.45) is 0 Å². The Morgan fingerprint density at radius 3 is 2.32 bits per heavy atom. The lowest BCUT2D eigenvalue weighted by Crippen LogP contribution is -2.41. The first kappa shape index (κ1) is 17.2. The van der Waals surface area contributed by atoms with Crippen LogP contribution in [0.15, 0.2) is 36.4 Å². The second-order valence-electron chi connectivity index (χ2n) is 6.81. The van der Waals surface area contributed by atoms with Gasteiger partial charge in [-0.15, -0.1) is 10.2 Å². The lowest BCUT2D eigenvalue weighted by atomic mass is 9.64. The Hall–Kier alpha value is -2.63. The topological polar surface area (TPSA) is 70.2 Å². The molecular formula is C19H25N5O. The molecule has 1 aliphatic carbocycles. The summed E-state index contributed by atoms with van der Waals surface area (Å²) in [6, 6.07) is 12.3. The van der Waals surface area contributed by atoms with Crippen LogP contribution in [0.4, 0.5) is 11.5 Å². The quantitative estimate of drug-likeness (QED) is 0.846. The van der Waals surface area contributed by atoms with E-state index in [1.165, 1.54) is 30.5 Å². The summed E-state index contributed by atoms with van der Waals surface area (Å²) in [6.45, 7) is 0.822. The zero-order valence-corrected chi connectivity index (χ0v) is 15.0. The molecular weight excluding hydrogens is 314 g/mol. The predicted molar refractivity (Wildman–Crippen MR) is 100 cm³/mol. The molecule has 25 heavy (non-hydrogen) atoms. The van der Waals surface area contributed by atoms with E-state index in [-0.39, 0.29) is 11.3 Å². The lowest BCUT2D eigenvalue weighted by molar-refractivity contribution is 0.0957. The summed E-state index contributed by atoms with van der Waals surface area (Å²) in [4.78, 5) is 13.6. The molecule has 0 unspecified atom stereocenters. The first-order valence-corrected chi connectivity index (χ1v) is 8.62. The van der Waals surface area contributed by atoms with Crippen molar-refractivity contribution < 1.29 is 4.79 Å². The fourth-order valence-corrected chi connectivity index (χ4v) is 3.22. The number of rotatable bonds is 6. The van der Waals surface area contributed by atoms with E-state index in [1.807, 2.05) is 0 Å². The van der Waals surface area contributed by atoms with Gasteiger partial charge in [-0.25, -0.2) is 0 Å². The Morgan fingerprint density at radius 1 is 1.12 bits per heavy atom. The van der Waals surface area contributed by atoms with Crippen LogP contribution in [-0.2, 0) is 5.41 Å². The summed E-state index contributed by atoms with van der Waals surface area (Å²) in [6.07, 6.45) is 3.59. The normalized spacial score (nSPS) is 15.2. The van der Waals surface area contributed by atoms with Crippen LogP contribution in [0.3, 0.4) is 0 Å². The third-order valence-corrected chi connectivity index (χ3v) is 5.04. The van der Waals surface area contributed by atoms with Gasteiger partial charge in [-0.05, 0) is 42.7 Å². The highest BCUT2D eigenvalue weighted by Crippen LogP contribution is 2.44. The number of nitrogens with one attached hydrogen (secondary N) is 2. The van der Waals surface area contributed by atoms with Crippen molar-refractivity contribution in [1.29, 1.82) is 0 Å². The SMILES string of the molecule is CNC(=O)c1ccc(NCC2(c3ccc(N(C)C)cc3)CCC2)nn1. The van der Waals surface area contributed by atoms with Gasteiger partial charge < -0.3 is 15.5 Å². The van der Waals surface area contributed by atoms with Crippen molar-refractivity contribution in [3.05, 3.63) is 47.7 Å². The van der Waals surface area contributed by atoms with Crippen molar-refractivity contribution >= 4 is 17.4 Å². The van der Waals surface area contributed by atoms with Crippen LogP contribution < -0.4 is 15.5 Å². The molecule has 1 aromatic carbocycles. The minimum Gasteiger partial charge on any atom is -0.378 e. The van der Waals surface area contributed by atoms with Crippen LogP contribution in [0.2, 0.25) is 0 Å². The molecule has 1 aromatic heterocycles. The van der Waals surface area contributed by atoms with Crippen molar-refractivity contribution in [1.82, 2.24) is 15.5 Å². The third-order valence-electron chi connectivity index (χ3n) is 5.04. The number of carbonyl (C=O) groups is 1. The fourth-order valence-electron chi connectivity index (χ4n) is 3.22. The molecule has 1 heterocycles. The van der Waals surface area contributed by atoms with Gasteiger partial charge in [0.1, 0.15) is 5.82 Å². The molecule has 2 aromatic rings. The maximum absolute atomic E-state index is 11.5. The predicted octanol–water partition coefficient (Wildman–Crippen LogP) is 2.44. The molecule has 3 rings (SSSR count). The largest absolute Gasteiger partial charge is 0.378 e. The molecule has 132 valence electrons. The summed E-state index contributed by atoms with van der Waals surface area (Å²) >= 11 is 0. The van der Waals surface area contributed by atoms with Crippen molar-refractivity contribution in [2.45, 2.75) is 24.7 Å². The van der Waals surface area contributed by atoms with E-state index in [2.05, 4.69) is 64.1 Å². The molecule has 0 spiro atoms. The van der Waals surface area contributed by atoms with Gasteiger partial charge >= 0.3 is 0 Å². The van der Waals surface area contributed by atoms with Gasteiger partial charge in [0.15, 0.2) is 5.69 Å². The Labute approximate surface area is 148 Å². The number of anilines is 2. The van der Waals surface area contributed by atoms with Crippen LogP contribution >= 0.6 is 0 Å². The van der Waals surface area contributed by atoms with Crippen molar-refractivity contribution in [3.8, 4) is 0 Å². The molecule has 6 nitrogen and oxygen atoms in total. The van der Waals surface area contributed by atoms with E-state index < -0.39 is 0 Å². The molecule has 1 fully saturated rings. The fraction of sp³-hybridized carbons (Fsp3) is 0.421. The lowest BCUT2D eigenvalue weighted by Gasteiger charge is -2.43. The molecule has 2 N–H and O–H groups in total. The molecule has 0 radical (unpaired) electrons. The first-order chi connectivity index (χ1) is 12.0. The van der Waals surface area contributed by atoms with Gasteiger partial charge in [0.25, 0.3) is 5.91 Å². The van der Waals surface area contributed by atoms with E-state index in [4.69, 9.17) is 0 Å². The number of aromatic nitrogens is 2. The Kier molecular flexibility index (Phi) is 4.88. The van der Waals surface area contributed by atoms with Gasteiger partial charge in [0, 0.05) is 38.8 Å². The van der Waals surface area contributed by atoms with E-state index in [1.54, 1.807) is 19.2 Å². The molecule has 0 bridgehead atoms. The van der Waals surface area contributed by atoms with Crippen molar-refractivity contribution in [3.63, 3.8) is 0 Å². The van der Waals surface area contributed by atoms with E-state index in [9.17, 15) is 4.79 Å². The van der Waals surface area contributed by atoms with E-state index in [0.29, 0.717) is 11.5 Å². The maximum atomic E-state index is 11.5. The van der Waals surface area contributed by atoms with Gasteiger partial charge in [-0.3, -0.25) is 4.79 Å². The minimum atomic E-state index is -0.226. The summed E-state index contributed by atoms with van der Waals surface area (Å²) in [7, 11) is 5.69. The van der Waals surface area contributed by atoms with Crippen molar-refractivity contribution in [2.75, 3.05) is 37.9 Å². The number of hydrogen-bond donors (Lipinski definition) is 2. The summed E-state index contributed by atoms with van der Waals surface area (Å²) in [5.41, 5.74) is 3.06. The Bertz CT molecular complexity index is 720. The zero-order chi connectivity index (χ0) is 17.9. The van der Waals surface area contributed by atoms with Crippen LogP contribution in [0, 0.1) is 0 Å². The average Bonchev–Trinajstić information content (AvgIpc) is 2.61. The minimum absolute atomic E-state index is 0.159. The van der Waals surface area contributed by atoms with Gasteiger partial charge in [0.2, 0.25) is 0 Å². The van der Waals surface area contributed by atoms with Crippen LogP contribution in [0.5, 0.6) is 0 Å². The second-order valence-corrected chi connectivity index (χ2v) is 6.81. The number of carbonyl (C=O) groups excluding carboxylic acids is 1. The van der Waals surface area contributed by atoms with Crippen LogP contribution in [-0.4, -0.2) is 43.8 Å². The number of hydrogen-bond acceptors (Lipinski definition) is 5. The second kappa shape index (κ2) is 7.09. The van der Waals surface area contributed by atoms with E-state index in [0.717, 1.165) is 6.54 Å². The molecule has 0 saturated heterocycles. The molecule has 6 heteroatoms. The highest BCUT2D eigenvalue weighted by atomic mass is 16.1. The van der Waals surface area contributed by atoms with Gasteiger partial charge in [-0.1, -0.05) is 18.6 Å². The monoisotopic (exact) mass is 339 g/mol. The zero-order valence-electron chi connectivity index (χ0n) is 15.0. The molecule has 0 aliphatic heterocycles. The molecule has 0 atom stereocenters. The number of benzene rings is 1. The van der Waals surface area contributed by atoms with Gasteiger partial charge in [-0.2, -0.15) is 0 Å². The number of amides is 1. The Morgan fingerprint density at radius 2 is 1.84 bits per heavy atom. The summed E-state index contributed by atoms with van der Waals surface area (Å²) in [5, 5.41) is 14.0. The molecule has 1 saturated carbocycles. The van der Waals surface area contributed by atoms with Crippen LogP contribution in [0.25, 0.3) is 0 Å². The van der Waals surface area contributed by atoms with Gasteiger partial charge in [0.05, 0.1) is 0 Å². The molecule has 1 aliphatic rings. The Balaban J connectivity index is 1.68.